The van der Waals surface area contributed by atoms with Gasteiger partial charge in [0.15, 0.2) is 5.78 Å². The smallest absolute Gasteiger partial charge is 0.318 e. The Hall–Kier alpha value is -3.38. The van der Waals surface area contributed by atoms with Crippen LogP contribution in [0.15, 0.2) is 72.8 Å². The Balaban J connectivity index is 2.13. The van der Waals surface area contributed by atoms with Gasteiger partial charge in [-0.15, -0.1) is 6.42 Å². The zero-order valence-corrected chi connectivity index (χ0v) is 15.1. The molecule has 0 radical (unpaired) electrons. The van der Waals surface area contributed by atoms with Crippen molar-refractivity contribution in [2.24, 2.45) is 5.92 Å². The van der Waals surface area contributed by atoms with E-state index >= 15 is 0 Å². The second-order valence-corrected chi connectivity index (χ2v) is 6.17. The Morgan fingerprint density at radius 1 is 0.963 bits per heavy atom. The van der Waals surface area contributed by atoms with Crippen molar-refractivity contribution in [2.45, 2.75) is 12.8 Å². The lowest BCUT2D eigenvalue weighted by Gasteiger charge is -2.22. The van der Waals surface area contributed by atoms with Crippen molar-refractivity contribution in [3.63, 3.8) is 0 Å². The molecule has 3 aromatic rings. The van der Waals surface area contributed by atoms with Crippen molar-refractivity contribution < 1.29 is 14.3 Å². The van der Waals surface area contributed by atoms with Gasteiger partial charge in [-0.1, -0.05) is 78.7 Å². The predicted molar refractivity (Wildman–Crippen MR) is 106 cm³/mol. The molecule has 3 rings (SSSR count). The number of Topliss-reactive ketones (excluding diaryl/α,β-unsaturated/α-hetero) is 1. The van der Waals surface area contributed by atoms with Crippen molar-refractivity contribution in [3.8, 4) is 12.3 Å². The van der Waals surface area contributed by atoms with E-state index in [0.717, 1.165) is 16.3 Å². The summed E-state index contributed by atoms with van der Waals surface area (Å²) in [5.74, 6) is -0.0589. The van der Waals surface area contributed by atoms with E-state index in [1.54, 1.807) is 31.2 Å². The van der Waals surface area contributed by atoms with E-state index in [1.807, 2.05) is 48.5 Å². The van der Waals surface area contributed by atoms with Gasteiger partial charge in [0, 0.05) is 5.56 Å². The molecule has 0 unspecified atom stereocenters. The van der Waals surface area contributed by atoms with Gasteiger partial charge in [-0.3, -0.25) is 9.59 Å². The number of hydrogen-bond acceptors (Lipinski definition) is 3. The van der Waals surface area contributed by atoms with E-state index in [1.165, 1.54) is 0 Å². The Morgan fingerprint density at radius 3 is 2.33 bits per heavy atom. The van der Waals surface area contributed by atoms with Crippen molar-refractivity contribution >= 4 is 22.5 Å². The standard InChI is InChI=1S/C24H20O3/c1-3-19(21-16-10-14-17-11-8-9-15-20(17)21)22(24(26)27-4-2)23(25)18-12-6-5-7-13-18/h1,5-16,19,22H,4H2,2H3/t19-,22-/m1/s1. The molecule has 3 aromatic carbocycles. The maximum absolute atomic E-state index is 13.2. The van der Waals surface area contributed by atoms with Crippen LogP contribution in [-0.2, 0) is 9.53 Å². The van der Waals surface area contributed by atoms with Crippen molar-refractivity contribution in [1.82, 2.24) is 0 Å². The van der Waals surface area contributed by atoms with Crippen LogP contribution in [0.2, 0.25) is 0 Å². The van der Waals surface area contributed by atoms with E-state index in [2.05, 4.69) is 5.92 Å². The molecule has 0 spiro atoms. The molecule has 0 saturated heterocycles. The molecule has 0 fully saturated rings. The topological polar surface area (TPSA) is 43.4 Å². The van der Waals surface area contributed by atoms with Crippen LogP contribution < -0.4 is 0 Å². The number of esters is 1. The molecular formula is C24H20O3. The normalized spacial score (nSPS) is 12.7. The van der Waals surface area contributed by atoms with Crippen molar-refractivity contribution in [2.75, 3.05) is 6.61 Å². The van der Waals surface area contributed by atoms with Crippen LogP contribution in [-0.4, -0.2) is 18.4 Å². The fourth-order valence-corrected chi connectivity index (χ4v) is 3.30. The summed E-state index contributed by atoms with van der Waals surface area (Å²) < 4.78 is 5.21. The molecule has 3 nitrogen and oxygen atoms in total. The Kier molecular flexibility index (Phi) is 5.68. The molecule has 0 N–H and O–H groups in total. The highest BCUT2D eigenvalue weighted by Gasteiger charge is 2.37. The molecule has 3 heteroatoms. The molecule has 0 heterocycles. The average molecular weight is 356 g/mol. The minimum absolute atomic E-state index is 0.185. The van der Waals surface area contributed by atoms with Crippen LogP contribution in [0.4, 0.5) is 0 Å². The van der Waals surface area contributed by atoms with Gasteiger partial charge in [0.2, 0.25) is 0 Å². The fourth-order valence-electron chi connectivity index (χ4n) is 3.30. The summed E-state index contributed by atoms with van der Waals surface area (Å²) >= 11 is 0. The third kappa shape index (κ3) is 3.75. The Labute approximate surface area is 159 Å². The first-order valence-electron chi connectivity index (χ1n) is 8.87. The molecular weight excluding hydrogens is 336 g/mol. The van der Waals surface area contributed by atoms with Gasteiger partial charge in [-0.05, 0) is 23.3 Å². The van der Waals surface area contributed by atoms with Crippen LogP contribution in [0.5, 0.6) is 0 Å². The predicted octanol–water partition coefficient (Wildman–Crippen LogP) is 4.62. The lowest BCUT2D eigenvalue weighted by Crippen LogP contribution is -2.31. The molecule has 0 aliphatic heterocycles. The molecule has 0 amide bonds. The molecule has 134 valence electrons. The number of benzene rings is 3. The first kappa shape index (κ1) is 18.4. The number of rotatable bonds is 6. The van der Waals surface area contributed by atoms with Gasteiger partial charge in [0.05, 0.1) is 12.5 Å². The summed E-state index contributed by atoms with van der Waals surface area (Å²) in [7, 11) is 0. The lowest BCUT2D eigenvalue weighted by atomic mass is 9.80. The van der Waals surface area contributed by atoms with Crippen molar-refractivity contribution in [3.05, 3.63) is 83.9 Å². The zero-order chi connectivity index (χ0) is 19.2. The monoisotopic (exact) mass is 356 g/mol. The van der Waals surface area contributed by atoms with E-state index < -0.39 is 17.8 Å². The molecule has 0 aliphatic carbocycles. The highest BCUT2D eigenvalue weighted by molar-refractivity contribution is 6.10. The molecule has 0 aliphatic rings. The third-order valence-corrected chi connectivity index (χ3v) is 4.55. The number of ketones is 1. The lowest BCUT2D eigenvalue weighted by molar-refractivity contribution is -0.146. The zero-order valence-electron chi connectivity index (χ0n) is 15.1. The molecule has 0 saturated carbocycles. The highest BCUT2D eigenvalue weighted by atomic mass is 16.5. The second-order valence-electron chi connectivity index (χ2n) is 6.17. The third-order valence-electron chi connectivity index (χ3n) is 4.55. The first-order chi connectivity index (χ1) is 13.2. The van der Waals surface area contributed by atoms with Crippen LogP contribution in [0.1, 0.15) is 28.8 Å². The van der Waals surface area contributed by atoms with E-state index in [4.69, 9.17) is 11.2 Å². The Morgan fingerprint density at radius 2 is 1.63 bits per heavy atom. The van der Waals surface area contributed by atoms with Crippen LogP contribution in [0.3, 0.4) is 0 Å². The average Bonchev–Trinajstić information content (AvgIpc) is 2.72. The van der Waals surface area contributed by atoms with E-state index in [0.29, 0.717) is 5.56 Å². The first-order valence-corrected chi connectivity index (χ1v) is 8.87. The summed E-state index contributed by atoms with van der Waals surface area (Å²) in [6.07, 6.45) is 5.84. The van der Waals surface area contributed by atoms with Gasteiger partial charge in [-0.25, -0.2) is 0 Å². The fraction of sp³-hybridized carbons (Fsp3) is 0.167. The number of fused-ring (bicyclic) bond motifs is 1. The number of carbonyl (C=O) groups is 2. The maximum atomic E-state index is 13.2. The summed E-state index contributed by atoms with van der Waals surface area (Å²) in [5.41, 5.74) is 1.22. The van der Waals surface area contributed by atoms with Crippen LogP contribution in [0.25, 0.3) is 10.8 Å². The van der Waals surface area contributed by atoms with Crippen LogP contribution in [0, 0.1) is 18.3 Å². The van der Waals surface area contributed by atoms with Gasteiger partial charge in [0.1, 0.15) is 5.92 Å². The maximum Gasteiger partial charge on any atom is 0.318 e. The van der Waals surface area contributed by atoms with E-state index in [9.17, 15) is 9.59 Å². The molecule has 27 heavy (non-hydrogen) atoms. The number of hydrogen-bond donors (Lipinski definition) is 0. The van der Waals surface area contributed by atoms with E-state index in [-0.39, 0.29) is 12.4 Å². The highest BCUT2D eigenvalue weighted by Crippen LogP contribution is 2.33. The molecule has 0 aromatic heterocycles. The largest absolute Gasteiger partial charge is 0.465 e. The summed E-state index contributed by atoms with van der Waals surface area (Å²) in [6, 6.07) is 22.2. The molecule has 2 atom stereocenters. The number of terminal acetylenes is 1. The van der Waals surface area contributed by atoms with Gasteiger partial charge < -0.3 is 4.74 Å². The summed E-state index contributed by atoms with van der Waals surface area (Å²) in [5, 5.41) is 1.93. The second kappa shape index (κ2) is 8.33. The van der Waals surface area contributed by atoms with Gasteiger partial charge in [0.25, 0.3) is 0 Å². The summed E-state index contributed by atoms with van der Waals surface area (Å²) in [6.45, 7) is 1.90. The summed E-state index contributed by atoms with van der Waals surface area (Å²) in [4.78, 5) is 25.9. The number of ether oxygens (including phenoxy) is 1. The minimum Gasteiger partial charge on any atom is -0.465 e. The van der Waals surface area contributed by atoms with Gasteiger partial charge in [-0.2, -0.15) is 0 Å². The number of carbonyl (C=O) groups excluding carboxylic acids is 2. The minimum atomic E-state index is -1.09. The van der Waals surface area contributed by atoms with Gasteiger partial charge >= 0.3 is 5.97 Å². The van der Waals surface area contributed by atoms with Crippen LogP contribution >= 0.6 is 0 Å². The van der Waals surface area contributed by atoms with Crippen molar-refractivity contribution in [1.29, 1.82) is 0 Å². The quantitative estimate of drug-likeness (QED) is 0.280. The SMILES string of the molecule is C#C[C@H](c1cccc2ccccc12)[C@@H](C(=O)OCC)C(=O)c1ccccc1. The molecule has 0 bridgehead atoms. The Bertz CT molecular complexity index is 994.